The van der Waals surface area contributed by atoms with Gasteiger partial charge in [0.2, 0.25) is 11.2 Å². The minimum Gasteiger partial charge on any atom is -0.461 e. The molecule has 0 saturated heterocycles. The molecular formula is C14H23ClN4O2. The van der Waals surface area contributed by atoms with Crippen LogP contribution in [-0.2, 0) is 0 Å². The molecule has 2 rings (SSSR count). The van der Waals surface area contributed by atoms with Gasteiger partial charge in [0.15, 0.2) is 0 Å². The second-order valence-electron chi connectivity index (χ2n) is 5.75. The average Bonchev–Trinajstić information content (AvgIpc) is 2.44. The quantitative estimate of drug-likeness (QED) is 0.840. The van der Waals surface area contributed by atoms with Crippen molar-refractivity contribution in [3.8, 4) is 6.01 Å². The maximum absolute atomic E-state index is 9.44. The second kappa shape index (κ2) is 7.75. The molecule has 1 aromatic rings. The van der Waals surface area contributed by atoms with Gasteiger partial charge in [0.25, 0.3) is 0 Å². The van der Waals surface area contributed by atoms with Crippen LogP contribution in [-0.4, -0.2) is 39.3 Å². The van der Waals surface area contributed by atoms with Crippen molar-refractivity contribution in [2.24, 2.45) is 11.8 Å². The van der Waals surface area contributed by atoms with Crippen molar-refractivity contribution in [1.82, 2.24) is 15.0 Å². The van der Waals surface area contributed by atoms with Crippen molar-refractivity contribution in [2.75, 3.05) is 18.5 Å². The Hall–Kier alpha value is -1.14. The molecule has 1 fully saturated rings. The van der Waals surface area contributed by atoms with Crippen LogP contribution in [0, 0.1) is 11.8 Å². The summed E-state index contributed by atoms with van der Waals surface area (Å²) in [7, 11) is 0. The Morgan fingerprint density at radius 1 is 1.24 bits per heavy atom. The summed E-state index contributed by atoms with van der Waals surface area (Å²) < 4.78 is 5.44. The molecule has 0 radical (unpaired) electrons. The standard InChI is InChI=1S/C14H23ClN4O2/c1-9(2)21-14-18-12(15)17-13(19-14)16-7-10-5-3-4-6-11(10)8-20/h9-11,20H,3-8H2,1-2H3,(H,16,17,18,19). The summed E-state index contributed by atoms with van der Waals surface area (Å²) in [6.07, 6.45) is 4.59. The van der Waals surface area contributed by atoms with Crippen molar-refractivity contribution >= 4 is 17.5 Å². The van der Waals surface area contributed by atoms with Gasteiger partial charge in [-0.3, -0.25) is 0 Å². The first-order valence-electron chi connectivity index (χ1n) is 7.51. The lowest BCUT2D eigenvalue weighted by atomic mass is 9.80. The van der Waals surface area contributed by atoms with Gasteiger partial charge in [0.1, 0.15) is 0 Å². The normalized spacial score (nSPS) is 22.3. The number of aromatic nitrogens is 3. The molecule has 0 spiro atoms. The Morgan fingerprint density at radius 3 is 2.62 bits per heavy atom. The lowest BCUT2D eigenvalue weighted by Crippen LogP contribution is -2.29. The number of nitrogens with one attached hydrogen (secondary N) is 1. The Balaban J connectivity index is 1.97. The molecule has 0 aliphatic heterocycles. The van der Waals surface area contributed by atoms with E-state index in [1.54, 1.807) is 0 Å². The van der Waals surface area contributed by atoms with E-state index in [-0.39, 0.29) is 24.0 Å². The van der Waals surface area contributed by atoms with E-state index in [1.165, 1.54) is 12.8 Å². The zero-order valence-corrected chi connectivity index (χ0v) is 13.3. The van der Waals surface area contributed by atoms with E-state index in [9.17, 15) is 5.11 Å². The molecule has 0 amide bonds. The molecule has 1 aliphatic rings. The third kappa shape index (κ3) is 4.97. The maximum Gasteiger partial charge on any atom is 0.322 e. The van der Waals surface area contributed by atoms with Crippen molar-refractivity contribution in [1.29, 1.82) is 0 Å². The highest BCUT2D eigenvalue weighted by atomic mass is 35.5. The van der Waals surface area contributed by atoms with Crippen LogP contribution in [0.5, 0.6) is 6.01 Å². The lowest BCUT2D eigenvalue weighted by Gasteiger charge is -2.30. The van der Waals surface area contributed by atoms with E-state index in [0.29, 0.717) is 17.8 Å². The van der Waals surface area contributed by atoms with E-state index in [0.717, 1.165) is 19.4 Å². The molecule has 118 valence electrons. The maximum atomic E-state index is 9.44. The number of ether oxygens (including phenoxy) is 1. The molecule has 2 N–H and O–H groups in total. The summed E-state index contributed by atoms with van der Waals surface area (Å²) in [5.41, 5.74) is 0. The second-order valence-corrected chi connectivity index (χ2v) is 6.08. The minimum absolute atomic E-state index is 0.0200. The van der Waals surface area contributed by atoms with E-state index < -0.39 is 0 Å². The predicted octanol–water partition coefficient (Wildman–Crippen LogP) is 2.52. The number of hydrogen-bond acceptors (Lipinski definition) is 6. The molecule has 6 nitrogen and oxygen atoms in total. The summed E-state index contributed by atoms with van der Waals surface area (Å²) >= 11 is 5.89. The van der Waals surface area contributed by atoms with Gasteiger partial charge in [-0.1, -0.05) is 12.8 Å². The summed E-state index contributed by atoms with van der Waals surface area (Å²) in [4.78, 5) is 12.2. The molecule has 1 aliphatic carbocycles. The Kier molecular flexibility index (Phi) is 5.99. The Morgan fingerprint density at radius 2 is 1.95 bits per heavy atom. The molecule has 1 aromatic heterocycles. The smallest absolute Gasteiger partial charge is 0.322 e. The monoisotopic (exact) mass is 314 g/mol. The van der Waals surface area contributed by atoms with Gasteiger partial charge in [0.05, 0.1) is 6.10 Å². The third-order valence-electron chi connectivity index (χ3n) is 3.75. The highest BCUT2D eigenvalue weighted by Gasteiger charge is 2.24. The highest BCUT2D eigenvalue weighted by Crippen LogP contribution is 2.29. The summed E-state index contributed by atoms with van der Waals surface area (Å²) in [6, 6.07) is 0.231. The fourth-order valence-electron chi connectivity index (χ4n) is 2.69. The van der Waals surface area contributed by atoms with Gasteiger partial charge in [-0.2, -0.15) is 15.0 Å². The van der Waals surface area contributed by atoms with Crippen molar-refractivity contribution in [3.63, 3.8) is 0 Å². The van der Waals surface area contributed by atoms with E-state index in [2.05, 4.69) is 20.3 Å². The number of aliphatic hydroxyl groups is 1. The molecule has 21 heavy (non-hydrogen) atoms. The molecule has 0 bridgehead atoms. The van der Waals surface area contributed by atoms with Crippen LogP contribution in [0.2, 0.25) is 5.28 Å². The van der Waals surface area contributed by atoms with Crippen molar-refractivity contribution < 1.29 is 9.84 Å². The summed E-state index contributed by atoms with van der Waals surface area (Å²) in [5.74, 6) is 1.22. The molecule has 0 aromatic carbocycles. The first-order chi connectivity index (χ1) is 10.1. The van der Waals surface area contributed by atoms with Gasteiger partial charge in [-0.15, -0.1) is 0 Å². The van der Waals surface area contributed by atoms with Gasteiger partial charge < -0.3 is 15.2 Å². The number of rotatable bonds is 6. The highest BCUT2D eigenvalue weighted by molar-refractivity contribution is 6.28. The molecule has 7 heteroatoms. The van der Waals surface area contributed by atoms with Crippen LogP contribution in [0.1, 0.15) is 39.5 Å². The lowest BCUT2D eigenvalue weighted by molar-refractivity contribution is 0.141. The van der Waals surface area contributed by atoms with Crippen molar-refractivity contribution in [3.05, 3.63) is 5.28 Å². The predicted molar refractivity (Wildman–Crippen MR) is 81.6 cm³/mol. The Bertz CT molecular complexity index is 459. The minimum atomic E-state index is -0.0200. The largest absolute Gasteiger partial charge is 0.461 e. The van der Waals surface area contributed by atoms with Crippen LogP contribution in [0.4, 0.5) is 5.95 Å². The van der Waals surface area contributed by atoms with Gasteiger partial charge >= 0.3 is 6.01 Å². The fraction of sp³-hybridized carbons (Fsp3) is 0.786. The number of aliphatic hydroxyl groups excluding tert-OH is 1. The van der Waals surface area contributed by atoms with Crippen LogP contribution >= 0.6 is 11.6 Å². The zero-order valence-electron chi connectivity index (χ0n) is 12.5. The molecule has 2 unspecified atom stereocenters. The third-order valence-corrected chi connectivity index (χ3v) is 3.92. The fourth-order valence-corrected chi connectivity index (χ4v) is 2.84. The summed E-state index contributed by atoms with van der Waals surface area (Å²) in [5, 5.41) is 12.7. The zero-order chi connectivity index (χ0) is 15.2. The topological polar surface area (TPSA) is 80.2 Å². The van der Waals surface area contributed by atoms with Crippen molar-refractivity contribution in [2.45, 2.75) is 45.6 Å². The first kappa shape index (κ1) is 16.2. The molecule has 2 atom stereocenters. The van der Waals surface area contributed by atoms with E-state index >= 15 is 0 Å². The van der Waals surface area contributed by atoms with Gasteiger partial charge in [-0.05, 0) is 50.1 Å². The number of anilines is 1. The first-order valence-corrected chi connectivity index (χ1v) is 7.89. The van der Waals surface area contributed by atoms with Crippen LogP contribution < -0.4 is 10.1 Å². The van der Waals surface area contributed by atoms with E-state index in [1.807, 2.05) is 13.8 Å². The SMILES string of the molecule is CC(C)Oc1nc(Cl)nc(NCC2CCCCC2CO)n1. The van der Waals surface area contributed by atoms with Gasteiger partial charge in [-0.25, -0.2) is 0 Å². The molecular weight excluding hydrogens is 292 g/mol. The molecule has 1 heterocycles. The van der Waals surface area contributed by atoms with Crippen LogP contribution in [0.15, 0.2) is 0 Å². The van der Waals surface area contributed by atoms with Crippen LogP contribution in [0.25, 0.3) is 0 Å². The van der Waals surface area contributed by atoms with E-state index in [4.69, 9.17) is 16.3 Å². The van der Waals surface area contributed by atoms with Crippen LogP contribution in [0.3, 0.4) is 0 Å². The van der Waals surface area contributed by atoms with Gasteiger partial charge in [0, 0.05) is 13.2 Å². The molecule has 1 saturated carbocycles. The number of halogens is 1. The Labute approximate surface area is 130 Å². The average molecular weight is 315 g/mol. The number of hydrogen-bond donors (Lipinski definition) is 2. The number of nitrogens with zero attached hydrogens (tertiary/aromatic N) is 3. The summed E-state index contributed by atoms with van der Waals surface area (Å²) in [6.45, 7) is 4.77.